The number of H-pyrrole nitrogens is 1. The zero-order valence-corrected chi connectivity index (χ0v) is 21.6. The highest BCUT2D eigenvalue weighted by molar-refractivity contribution is 6.00. The lowest BCUT2D eigenvalue weighted by Gasteiger charge is -2.25. The number of hydrogen-bond acceptors (Lipinski definition) is 7. The monoisotopic (exact) mass is 523 g/mol. The number of carbonyl (C=O) groups excluding carboxylic acids is 2. The van der Waals surface area contributed by atoms with Crippen LogP contribution < -0.4 is 5.32 Å². The van der Waals surface area contributed by atoms with Gasteiger partial charge in [-0.15, -0.1) is 10.2 Å². The second-order valence-corrected chi connectivity index (χ2v) is 10.1. The molecule has 10 nitrogen and oxygen atoms in total. The third-order valence-corrected chi connectivity index (χ3v) is 7.46. The van der Waals surface area contributed by atoms with Crippen molar-refractivity contribution in [3.8, 4) is 22.8 Å². The van der Waals surface area contributed by atoms with Gasteiger partial charge in [0.05, 0.1) is 28.9 Å². The van der Waals surface area contributed by atoms with Crippen LogP contribution in [0.4, 0.5) is 0 Å². The minimum Gasteiger partial charge on any atom is -0.472 e. The largest absolute Gasteiger partial charge is 0.472 e. The Balaban J connectivity index is 1.24. The third-order valence-electron chi connectivity index (χ3n) is 7.46. The lowest BCUT2D eigenvalue weighted by atomic mass is 9.95. The molecule has 1 amide bonds. The fourth-order valence-electron chi connectivity index (χ4n) is 5.39. The Morgan fingerprint density at radius 2 is 1.90 bits per heavy atom. The maximum absolute atomic E-state index is 13.3. The summed E-state index contributed by atoms with van der Waals surface area (Å²) in [5.41, 5.74) is 4.86. The van der Waals surface area contributed by atoms with Crippen LogP contribution in [0.3, 0.4) is 0 Å². The second kappa shape index (κ2) is 10.6. The zero-order chi connectivity index (χ0) is 26.8. The molecule has 1 aliphatic carbocycles. The Hall–Kier alpha value is -4.60. The van der Waals surface area contributed by atoms with Crippen molar-refractivity contribution in [1.82, 2.24) is 35.5 Å². The number of hydrogen-bond donors (Lipinski definition) is 2. The second-order valence-electron chi connectivity index (χ2n) is 10.1. The van der Waals surface area contributed by atoms with E-state index in [1.165, 1.54) is 26.2 Å². The summed E-state index contributed by atoms with van der Waals surface area (Å²) in [6.07, 6.45) is 9.60. The van der Waals surface area contributed by atoms with E-state index in [9.17, 15) is 9.59 Å². The molecule has 0 bridgehead atoms. The van der Waals surface area contributed by atoms with Gasteiger partial charge < -0.3 is 14.3 Å². The first-order chi connectivity index (χ1) is 19.1. The van der Waals surface area contributed by atoms with Crippen LogP contribution in [0, 0.1) is 0 Å². The molecule has 1 fully saturated rings. The molecule has 0 spiro atoms. The van der Waals surface area contributed by atoms with Gasteiger partial charge in [-0.05, 0) is 61.2 Å². The van der Waals surface area contributed by atoms with E-state index in [-0.39, 0.29) is 11.7 Å². The van der Waals surface area contributed by atoms with E-state index in [0.717, 1.165) is 46.4 Å². The van der Waals surface area contributed by atoms with Crippen molar-refractivity contribution in [1.29, 1.82) is 0 Å². The first-order valence-electron chi connectivity index (χ1n) is 13.3. The Morgan fingerprint density at radius 3 is 2.59 bits per heavy atom. The maximum atomic E-state index is 13.3. The van der Waals surface area contributed by atoms with Gasteiger partial charge in [0.15, 0.2) is 5.78 Å². The molecule has 1 atom stereocenters. The topological polar surface area (TPSA) is 132 Å². The van der Waals surface area contributed by atoms with Crippen LogP contribution in [0.2, 0.25) is 0 Å². The number of benzene rings is 2. The number of ketones is 1. The molecule has 0 saturated heterocycles. The van der Waals surface area contributed by atoms with E-state index < -0.39 is 6.04 Å². The average molecular weight is 524 g/mol. The Morgan fingerprint density at radius 1 is 1.08 bits per heavy atom. The molecule has 3 aromatic heterocycles. The number of carbonyl (C=O) groups is 2. The SMILES string of the molecule is CC(=O)[C@H](Cc1ccc(-c2nn[nH]n2)cc1)NC(=O)c1ccc2c(c1)nc(-c1ccoc1)n2C1CCCCC1. The minimum absolute atomic E-state index is 0.115. The number of tetrazole rings is 1. The molecule has 2 aromatic carbocycles. The van der Waals surface area contributed by atoms with E-state index in [2.05, 4.69) is 30.5 Å². The molecule has 10 heteroatoms. The summed E-state index contributed by atoms with van der Waals surface area (Å²) >= 11 is 0. The van der Waals surface area contributed by atoms with Crippen LogP contribution in [0.5, 0.6) is 0 Å². The predicted octanol–water partition coefficient (Wildman–Crippen LogP) is 4.91. The van der Waals surface area contributed by atoms with Crippen LogP contribution in [-0.2, 0) is 11.2 Å². The summed E-state index contributed by atoms with van der Waals surface area (Å²) in [6.45, 7) is 1.49. The molecule has 2 N–H and O–H groups in total. The summed E-state index contributed by atoms with van der Waals surface area (Å²) < 4.78 is 7.65. The number of nitrogens with one attached hydrogen (secondary N) is 2. The van der Waals surface area contributed by atoms with Gasteiger partial charge in [0, 0.05) is 17.2 Å². The van der Waals surface area contributed by atoms with Crippen molar-refractivity contribution in [2.45, 2.75) is 57.5 Å². The molecule has 6 rings (SSSR count). The van der Waals surface area contributed by atoms with Crippen LogP contribution in [0.15, 0.2) is 65.5 Å². The molecule has 198 valence electrons. The predicted molar refractivity (Wildman–Crippen MR) is 145 cm³/mol. The molecular weight excluding hydrogens is 494 g/mol. The summed E-state index contributed by atoms with van der Waals surface area (Å²) in [7, 11) is 0. The fourth-order valence-corrected chi connectivity index (χ4v) is 5.39. The van der Waals surface area contributed by atoms with E-state index in [1.807, 2.05) is 48.5 Å². The summed E-state index contributed by atoms with van der Waals surface area (Å²) in [6, 6.07) is 14.7. The minimum atomic E-state index is -0.662. The Bertz CT molecular complexity index is 1580. The van der Waals surface area contributed by atoms with Gasteiger partial charge in [0.2, 0.25) is 5.82 Å². The normalized spacial score (nSPS) is 14.9. The zero-order valence-electron chi connectivity index (χ0n) is 21.6. The maximum Gasteiger partial charge on any atom is 0.251 e. The molecule has 1 aliphatic rings. The summed E-state index contributed by atoms with van der Waals surface area (Å²) in [4.78, 5) is 30.7. The molecule has 5 aromatic rings. The lowest BCUT2D eigenvalue weighted by molar-refractivity contribution is -0.118. The van der Waals surface area contributed by atoms with E-state index in [0.29, 0.717) is 23.9 Å². The average Bonchev–Trinajstić information content (AvgIpc) is 3.74. The van der Waals surface area contributed by atoms with Gasteiger partial charge in [-0.25, -0.2) is 4.98 Å². The van der Waals surface area contributed by atoms with Gasteiger partial charge in [-0.2, -0.15) is 5.21 Å². The lowest BCUT2D eigenvalue weighted by Crippen LogP contribution is -2.41. The number of fused-ring (bicyclic) bond motifs is 1. The number of furan rings is 1. The molecule has 3 heterocycles. The first-order valence-corrected chi connectivity index (χ1v) is 13.3. The van der Waals surface area contributed by atoms with Crippen LogP contribution in [-0.4, -0.2) is 47.9 Å². The highest BCUT2D eigenvalue weighted by Gasteiger charge is 2.24. The van der Waals surface area contributed by atoms with Crippen molar-refractivity contribution < 1.29 is 14.0 Å². The standard InChI is InChI=1S/C29H29N7O3/c1-18(37)24(15-19-7-9-20(10-8-19)27-32-34-35-33-27)31-29(38)21-11-12-26-25(16-21)30-28(22-13-14-39-17-22)36(26)23-5-3-2-4-6-23/h7-14,16-17,23-24H,2-6,15H2,1H3,(H,31,38)(H,32,33,34,35)/t24-/m0/s1. The number of rotatable bonds is 8. The van der Waals surface area contributed by atoms with E-state index >= 15 is 0 Å². The van der Waals surface area contributed by atoms with Gasteiger partial charge >= 0.3 is 0 Å². The van der Waals surface area contributed by atoms with Gasteiger partial charge in [-0.3, -0.25) is 9.59 Å². The van der Waals surface area contributed by atoms with Crippen molar-refractivity contribution >= 4 is 22.7 Å². The Kier molecular flexibility index (Phi) is 6.75. The van der Waals surface area contributed by atoms with Gasteiger partial charge in [0.25, 0.3) is 5.91 Å². The highest BCUT2D eigenvalue weighted by Crippen LogP contribution is 2.36. The summed E-state index contributed by atoms with van der Waals surface area (Å²) in [5, 5.41) is 16.9. The molecular formula is C29H29N7O3. The van der Waals surface area contributed by atoms with E-state index in [4.69, 9.17) is 9.40 Å². The number of aromatic nitrogens is 6. The smallest absolute Gasteiger partial charge is 0.251 e. The highest BCUT2D eigenvalue weighted by atomic mass is 16.3. The third kappa shape index (κ3) is 5.09. The molecule has 0 unspecified atom stereocenters. The van der Waals surface area contributed by atoms with Gasteiger partial charge in [-0.1, -0.05) is 43.5 Å². The number of imidazole rings is 1. The quantitative estimate of drug-likeness (QED) is 0.295. The van der Waals surface area contributed by atoms with Gasteiger partial charge in [0.1, 0.15) is 12.1 Å². The van der Waals surface area contributed by atoms with Crippen molar-refractivity contribution in [3.63, 3.8) is 0 Å². The van der Waals surface area contributed by atoms with Crippen LogP contribution >= 0.6 is 0 Å². The molecule has 39 heavy (non-hydrogen) atoms. The van der Waals surface area contributed by atoms with E-state index in [1.54, 1.807) is 12.5 Å². The molecule has 0 aliphatic heterocycles. The number of aromatic amines is 1. The van der Waals surface area contributed by atoms with Crippen LogP contribution in [0.1, 0.15) is 61.0 Å². The molecule has 0 radical (unpaired) electrons. The number of Topliss-reactive ketones (excluding diaryl/α,β-unsaturated/α-hetero) is 1. The number of amides is 1. The van der Waals surface area contributed by atoms with Crippen molar-refractivity contribution in [3.05, 3.63) is 72.2 Å². The van der Waals surface area contributed by atoms with Crippen molar-refractivity contribution in [2.75, 3.05) is 0 Å². The summed E-state index contributed by atoms with van der Waals surface area (Å²) in [5.74, 6) is 0.928. The Labute approximate surface area is 224 Å². The van der Waals surface area contributed by atoms with Crippen molar-refractivity contribution in [2.24, 2.45) is 0 Å². The van der Waals surface area contributed by atoms with Crippen LogP contribution in [0.25, 0.3) is 33.8 Å². The molecule has 1 saturated carbocycles. The number of nitrogens with zero attached hydrogens (tertiary/aromatic N) is 5. The fraction of sp³-hybridized carbons (Fsp3) is 0.310. The first kappa shape index (κ1) is 24.7.